The van der Waals surface area contributed by atoms with Crippen LogP contribution in [0.15, 0.2) is 23.8 Å². The van der Waals surface area contributed by atoms with Crippen LogP contribution in [0.4, 0.5) is 0 Å². The Kier molecular flexibility index (Phi) is 10.6. The van der Waals surface area contributed by atoms with E-state index in [1.54, 1.807) is 0 Å². The molecule has 94 valence electrons. The first kappa shape index (κ1) is 15.5. The highest BCUT2D eigenvalue weighted by Crippen LogP contribution is 2.17. The number of hydrogen-bond donors (Lipinski definition) is 0. The lowest BCUT2D eigenvalue weighted by Crippen LogP contribution is -1.86. The molecule has 0 rings (SSSR count). The van der Waals surface area contributed by atoms with Crippen LogP contribution in [0, 0.1) is 0 Å². The summed E-state index contributed by atoms with van der Waals surface area (Å²) in [7, 11) is 0. The molecule has 0 atom stereocenters. The molecule has 0 aromatic carbocycles. The van der Waals surface area contributed by atoms with Gasteiger partial charge in [0, 0.05) is 0 Å². The molecule has 0 saturated heterocycles. The third-order valence-corrected chi connectivity index (χ3v) is 3.13. The Morgan fingerprint density at radius 2 is 1.56 bits per heavy atom. The van der Waals surface area contributed by atoms with Crippen LogP contribution in [-0.2, 0) is 0 Å². The second-order valence-corrected chi connectivity index (χ2v) is 4.80. The highest BCUT2D eigenvalue weighted by atomic mass is 14.0. The lowest BCUT2D eigenvalue weighted by molar-refractivity contribution is 0.607. The Balaban J connectivity index is 3.50. The molecule has 0 aliphatic rings. The zero-order valence-corrected chi connectivity index (χ0v) is 11.6. The first-order valence-corrected chi connectivity index (χ1v) is 7.07. The summed E-state index contributed by atoms with van der Waals surface area (Å²) in [5.41, 5.74) is 2.76. The average molecular weight is 222 g/mol. The fourth-order valence-electron chi connectivity index (χ4n) is 1.82. The van der Waals surface area contributed by atoms with Crippen molar-refractivity contribution < 1.29 is 0 Å². The zero-order valence-electron chi connectivity index (χ0n) is 11.6. The van der Waals surface area contributed by atoms with Gasteiger partial charge in [-0.15, -0.1) is 0 Å². The van der Waals surface area contributed by atoms with Gasteiger partial charge in [0.05, 0.1) is 0 Å². The first-order valence-electron chi connectivity index (χ1n) is 7.07. The predicted octanol–water partition coefficient (Wildman–Crippen LogP) is 6.04. The van der Waals surface area contributed by atoms with E-state index in [4.69, 9.17) is 0 Å². The van der Waals surface area contributed by atoms with Crippen LogP contribution in [0.25, 0.3) is 0 Å². The Morgan fingerprint density at radius 1 is 0.938 bits per heavy atom. The average Bonchev–Trinajstić information content (AvgIpc) is 2.30. The summed E-state index contributed by atoms with van der Waals surface area (Å²) >= 11 is 0. The molecule has 0 unspecified atom stereocenters. The lowest BCUT2D eigenvalue weighted by atomic mass is 10.0. The van der Waals surface area contributed by atoms with E-state index in [0.29, 0.717) is 0 Å². The molecule has 0 fully saturated rings. The summed E-state index contributed by atoms with van der Waals surface area (Å²) in [6.45, 7) is 10.9. The van der Waals surface area contributed by atoms with Gasteiger partial charge in [-0.3, -0.25) is 0 Å². The van der Waals surface area contributed by atoms with Crippen LogP contribution in [0.2, 0.25) is 0 Å². The van der Waals surface area contributed by atoms with Crippen molar-refractivity contribution in [3.05, 3.63) is 23.8 Å². The van der Waals surface area contributed by atoms with Gasteiger partial charge in [-0.2, -0.15) is 0 Å². The summed E-state index contributed by atoms with van der Waals surface area (Å²) in [4.78, 5) is 0. The molecular weight excluding hydrogens is 192 g/mol. The third kappa shape index (κ3) is 8.76. The van der Waals surface area contributed by atoms with Crippen LogP contribution in [0.1, 0.15) is 78.6 Å². The van der Waals surface area contributed by atoms with Gasteiger partial charge in [-0.1, -0.05) is 76.2 Å². The van der Waals surface area contributed by atoms with E-state index in [-0.39, 0.29) is 0 Å². The van der Waals surface area contributed by atoms with Gasteiger partial charge in [0.25, 0.3) is 0 Å². The Labute approximate surface area is 103 Å². The van der Waals surface area contributed by atoms with Gasteiger partial charge in [-0.05, 0) is 26.2 Å². The Bertz CT molecular complexity index is 198. The summed E-state index contributed by atoms with van der Waals surface area (Å²) < 4.78 is 0. The van der Waals surface area contributed by atoms with Gasteiger partial charge >= 0.3 is 0 Å². The highest BCUT2D eigenvalue weighted by molar-refractivity contribution is 5.25. The molecule has 0 amide bonds. The van der Waals surface area contributed by atoms with Crippen LogP contribution < -0.4 is 0 Å². The number of allylic oxidation sites excluding steroid dienone is 3. The van der Waals surface area contributed by atoms with E-state index in [0.717, 1.165) is 0 Å². The molecule has 0 bridgehead atoms. The van der Waals surface area contributed by atoms with Crippen molar-refractivity contribution in [2.24, 2.45) is 0 Å². The van der Waals surface area contributed by atoms with Crippen molar-refractivity contribution in [1.29, 1.82) is 0 Å². The molecule has 0 aliphatic heterocycles. The SMILES string of the molecule is C=C(CCCCCCCC)/C(C)=C/CCC. The van der Waals surface area contributed by atoms with Crippen molar-refractivity contribution in [2.75, 3.05) is 0 Å². The second-order valence-electron chi connectivity index (χ2n) is 4.80. The molecule has 0 heteroatoms. The first-order chi connectivity index (χ1) is 7.72. The van der Waals surface area contributed by atoms with Gasteiger partial charge in [-0.25, -0.2) is 0 Å². The topological polar surface area (TPSA) is 0 Å². The van der Waals surface area contributed by atoms with Gasteiger partial charge < -0.3 is 0 Å². The minimum atomic E-state index is 1.19. The van der Waals surface area contributed by atoms with Crippen molar-refractivity contribution in [2.45, 2.75) is 78.6 Å². The van der Waals surface area contributed by atoms with Crippen LogP contribution in [0.5, 0.6) is 0 Å². The molecule has 0 aromatic heterocycles. The summed E-state index contributed by atoms with van der Waals surface area (Å²) in [6, 6.07) is 0. The lowest BCUT2D eigenvalue weighted by Gasteiger charge is -2.06. The van der Waals surface area contributed by atoms with Crippen molar-refractivity contribution in [1.82, 2.24) is 0 Å². The van der Waals surface area contributed by atoms with E-state index >= 15 is 0 Å². The minimum Gasteiger partial charge on any atom is -0.0956 e. The fourth-order valence-corrected chi connectivity index (χ4v) is 1.82. The maximum Gasteiger partial charge on any atom is -0.0282 e. The van der Waals surface area contributed by atoms with Gasteiger partial charge in [0.1, 0.15) is 0 Å². The van der Waals surface area contributed by atoms with E-state index in [1.807, 2.05) is 0 Å². The van der Waals surface area contributed by atoms with Gasteiger partial charge in [0.2, 0.25) is 0 Å². The largest absolute Gasteiger partial charge is 0.0956 e. The quantitative estimate of drug-likeness (QED) is 0.312. The van der Waals surface area contributed by atoms with E-state index in [9.17, 15) is 0 Å². The Hall–Kier alpha value is -0.520. The highest BCUT2D eigenvalue weighted by Gasteiger charge is 1.97. The second kappa shape index (κ2) is 11.0. The predicted molar refractivity (Wildman–Crippen MR) is 75.8 cm³/mol. The third-order valence-electron chi connectivity index (χ3n) is 3.13. The minimum absolute atomic E-state index is 1.19. The fraction of sp³-hybridized carbons (Fsp3) is 0.750. The summed E-state index contributed by atoms with van der Waals surface area (Å²) in [5.74, 6) is 0. The molecule has 0 aliphatic carbocycles. The summed E-state index contributed by atoms with van der Waals surface area (Å²) in [5, 5.41) is 0. The smallest absolute Gasteiger partial charge is 0.0282 e. The molecule has 0 saturated carbocycles. The van der Waals surface area contributed by atoms with Crippen molar-refractivity contribution in [3.8, 4) is 0 Å². The van der Waals surface area contributed by atoms with E-state index < -0.39 is 0 Å². The maximum absolute atomic E-state index is 4.17. The molecule has 0 radical (unpaired) electrons. The van der Waals surface area contributed by atoms with Gasteiger partial charge in [0.15, 0.2) is 0 Å². The van der Waals surface area contributed by atoms with E-state index in [2.05, 4.69) is 33.4 Å². The molecule has 0 spiro atoms. The van der Waals surface area contributed by atoms with E-state index in [1.165, 1.54) is 68.9 Å². The van der Waals surface area contributed by atoms with Crippen molar-refractivity contribution >= 4 is 0 Å². The standard InChI is InChI=1S/C16H30/c1-5-7-9-10-11-12-14-16(4)15(3)13-8-6-2/h13H,4-12,14H2,1-3H3/b15-13+. The number of rotatable bonds is 10. The number of unbranched alkanes of at least 4 members (excludes halogenated alkanes) is 6. The molecule has 0 nitrogen and oxygen atoms in total. The van der Waals surface area contributed by atoms with Crippen LogP contribution >= 0.6 is 0 Å². The summed E-state index contributed by atoms with van der Waals surface area (Å²) in [6.07, 6.45) is 14.2. The normalized spacial score (nSPS) is 11.8. The maximum atomic E-state index is 4.17. The molecule has 0 heterocycles. The molecule has 16 heavy (non-hydrogen) atoms. The van der Waals surface area contributed by atoms with Crippen LogP contribution in [0.3, 0.4) is 0 Å². The zero-order chi connectivity index (χ0) is 12.2. The number of hydrogen-bond acceptors (Lipinski definition) is 0. The van der Waals surface area contributed by atoms with Crippen LogP contribution in [-0.4, -0.2) is 0 Å². The van der Waals surface area contributed by atoms with Crippen molar-refractivity contribution in [3.63, 3.8) is 0 Å². The molecule has 0 N–H and O–H groups in total. The molecule has 0 aromatic rings. The monoisotopic (exact) mass is 222 g/mol. The Morgan fingerprint density at radius 3 is 2.19 bits per heavy atom. The molecular formula is C16H30.